The highest BCUT2D eigenvalue weighted by Crippen LogP contribution is 2.21. The second-order valence-electron chi connectivity index (χ2n) is 6.58. The number of amides is 1. The van der Waals surface area contributed by atoms with Crippen molar-refractivity contribution in [3.63, 3.8) is 0 Å². The molecule has 0 spiro atoms. The Morgan fingerprint density at radius 1 is 1.06 bits per heavy atom. The first-order chi connectivity index (χ1) is 14.8. The van der Waals surface area contributed by atoms with Crippen molar-refractivity contribution in [1.82, 2.24) is 4.31 Å². The summed E-state index contributed by atoms with van der Waals surface area (Å²) < 4.78 is 50.6. The molecule has 3 rings (SSSR count). The average Bonchev–Trinajstić information content (AvgIpc) is 3.23. The van der Waals surface area contributed by atoms with Crippen LogP contribution in [0.3, 0.4) is 0 Å². The Kier molecular flexibility index (Phi) is 7.09. The van der Waals surface area contributed by atoms with E-state index >= 15 is 0 Å². The maximum absolute atomic E-state index is 12.9. The van der Waals surface area contributed by atoms with E-state index in [0.29, 0.717) is 30.3 Å². The molecule has 0 aliphatic heterocycles. The van der Waals surface area contributed by atoms with Crippen LogP contribution in [0.1, 0.15) is 30.2 Å². The number of ether oxygens (including phenoxy) is 1. The largest absolute Gasteiger partial charge is 0.486 e. The molecule has 1 aromatic heterocycles. The van der Waals surface area contributed by atoms with Crippen LogP contribution in [0.25, 0.3) is 0 Å². The van der Waals surface area contributed by atoms with Gasteiger partial charge in [0.25, 0.3) is 5.91 Å². The Labute approximate surface area is 180 Å². The SMILES string of the molecule is CCN(CC)S(=O)(=O)c1cccc(NC(=O)c2ccc(COc3ccc(F)cc3)o2)c1. The van der Waals surface area contributed by atoms with E-state index in [9.17, 15) is 17.6 Å². The number of anilines is 1. The molecule has 164 valence electrons. The minimum Gasteiger partial charge on any atom is -0.486 e. The monoisotopic (exact) mass is 446 g/mol. The van der Waals surface area contributed by atoms with E-state index in [-0.39, 0.29) is 23.1 Å². The summed E-state index contributed by atoms with van der Waals surface area (Å²) in [6, 6.07) is 14.7. The third-order valence-corrected chi connectivity index (χ3v) is 6.56. The Hall–Kier alpha value is -3.17. The summed E-state index contributed by atoms with van der Waals surface area (Å²) in [5, 5.41) is 2.64. The van der Waals surface area contributed by atoms with Crippen LogP contribution >= 0.6 is 0 Å². The maximum Gasteiger partial charge on any atom is 0.291 e. The fourth-order valence-corrected chi connectivity index (χ4v) is 4.41. The molecule has 1 amide bonds. The summed E-state index contributed by atoms with van der Waals surface area (Å²) in [5.74, 6) is 0.0424. The summed E-state index contributed by atoms with van der Waals surface area (Å²) in [6.07, 6.45) is 0. The van der Waals surface area contributed by atoms with Crippen LogP contribution in [0.2, 0.25) is 0 Å². The number of benzene rings is 2. The molecule has 0 radical (unpaired) electrons. The van der Waals surface area contributed by atoms with Gasteiger partial charge >= 0.3 is 0 Å². The van der Waals surface area contributed by atoms with Crippen molar-refractivity contribution in [2.75, 3.05) is 18.4 Å². The Morgan fingerprint density at radius 2 is 1.77 bits per heavy atom. The number of nitrogens with one attached hydrogen (secondary N) is 1. The molecule has 9 heteroatoms. The summed E-state index contributed by atoms with van der Waals surface area (Å²) in [5.41, 5.74) is 0.332. The highest BCUT2D eigenvalue weighted by atomic mass is 32.2. The van der Waals surface area contributed by atoms with E-state index in [1.165, 1.54) is 46.8 Å². The lowest BCUT2D eigenvalue weighted by Gasteiger charge is -2.18. The minimum atomic E-state index is -3.64. The Balaban J connectivity index is 1.66. The molecule has 0 atom stereocenters. The summed E-state index contributed by atoms with van der Waals surface area (Å²) in [4.78, 5) is 12.6. The highest BCUT2D eigenvalue weighted by molar-refractivity contribution is 7.89. The van der Waals surface area contributed by atoms with E-state index in [2.05, 4.69) is 5.32 Å². The van der Waals surface area contributed by atoms with Crippen molar-refractivity contribution in [3.05, 3.63) is 78.0 Å². The number of rotatable bonds is 9. The van der Waals surface area contributed by atoms with Crippen LogP contribution in [0.4, 0.5) is 10.1 Å². The lowest BCUT2D eigenvalue weighted by atomic mass is 10.3. The number of sulfonamides is 1. The van der Waals surface area contributed by atoms with Gasteiger partial charge in [0.05, 0.1) is 4.90 Å². The van der Waals surface area contributed by atoms with Crippen molar-refractivity contribution in [2.45, 2.75) is 25.3 Å². The van der Waals surface area contributed by atoms with E-state index in [1.54, 1.807) is 32.0 Å². The molecule has 1 N–H and O–H groups in total. The van der Waals surface area contributed by atoms with E-state index in [4.69, 9.17) is 9.15 Å². The first-order valence-corrected chi connectivity index (χ1v) is 11.2. The number of hydrogen-bond acceptors (Lipinski definition) is 5. The van der Waals surface area contributed by atoms with Gasteiger partial charge in [0.2, 0.25) is 10.0 Å². The molecule has 0 saturated heterocycles. The Bertz CT molecular complexity index is 1140. The molecule has 2 aromatic carbocycles. The molecule has 1 heterocycles. The van der Waals surface area contributed by atoms with Gasteiger partial charge in [-0.25, -0.2) is 12.8 Å². The fraction of sp³-hybridized carbons (Fsp3) is 0.227. The molecule has 0 aliphatic rings. The van der Waals surface area contributed by atoms with Crippen LogP contribution in [0.5, 0.6) is 5.75 Å². The average molecular weight is 447 g/mol. The molecule has 31 heavy (non-hydrogen) atoms. The van der Waals surface area contributed by atoms with Gasteiger partial charge in [-0.2, -0.15) is 4.31 Å². The van der Waals surface area contributed by atoms with Crippen molar-refractivity contribution < 1.29 is 26.8 Å². The Morgan fingerprint density at radius 3 is 2.45 bits per heavy atom. The van der Waals surface area contributed by atoms with Crippen LogP contribution in [0, 0.1) is 5.82 Å². The third-order valence-electron chi connectivity index (χ3n) is 4.52. The van der Waals surface area contributed by atoms with Gasteiger partial charge in [-0.3, -0.25) is 4.79 Å². The second kappa shape index (κ2) is 9.76. The fourth-order valence-electron chi connectivity index (χ4n) is 2.90. The van der Waals surface area contributed by atoms with Crippen molar-refractivity contribution in [2.24, 2.45) is 0 Å². The zero-order valence-corrected chi connectivity index (χ0v) is 18.0. The van der Waals surface area contributed by atoms with Crippen LogP contribution < -0.4 is 10.1 Å². The van der Waals surface area contributed by atoms with Gasteiger partial charge in [0.1, 0.15) is 23.9 Å². The molecular formula is C22H23FN2O5S. The summed E-state index contributed by atoms with van der Waals surface area (Å²) in [6.45, 7) is 4.30. The van der Waals surface area contributed by atoms with Gasteiger partial charge in [-0.15, -0.1) is 0 Å². The van der Waals surface area contributed by atoms with Crippen molar-refractivity contribution in [3.8, 4) is 5.75 Å². The lowest BCUT2D eigenvalue weighted by Crippen LogP contribution is -2.30. The molecular weight excluding hydrogens is 423 g/mol. The molecule has 0 unspecified atom stereocenters. The smallest absolute Gasteiger partial charge is 0.291 e. The number of carbonyl (C=O) groups is 1. The van der Waals surface area contributed by atoms with Gasteiger partial charge in [0.15, 0.2) is 5.76 Å². The first kappa shape index (κ1) is 22.5. The second-order valence-corrected chi connectivity index (χ2v) is 8.52. The van der Waals surface area contributed by atoms with Gasteiger partial charge < -0.3 is 14.5 Å². The number of halogens is 1. The number of carbonyl (C=O) groups excluding carboxylic acids is 1. The van der Waals surface area contributed by atoms with Gasteiger partial charge in [-0.1, -0.05) is 19.9 Å². The third kappa shape index (κ3) is 5.50. The predicted molar refractivity (Wildman–Crippen MR) is 114 cm³/mol. The zero-order valence-electron chi connectivity index (χ0n) is 17.2. The molecule has 0 saturated carbocycles. The van der Waals surface area contributed by atoms with Crippen LogP contribution in [-0.2, 0) is 16.6 Å². The normalized spacial score (nSPS) is 11.5. The first-order valence-electron chi connectivity index (χ1n) is 9.72. The maximum atomic E-state index is 12.9. The van der Waals surface area contributed by atoms with E-state index in [0.717, 1.165) is 0 Å². The van der Waals surface area contributed by atoms with Gasteiger partial charge in [0, 0.05) is 18.8 Å². The predicted octanol–water partition coefficient (Wildman–Crippen LogP) is 4.28. The van der Waals surface area contributed by atoms with E-state index < -0.39 is 15.9 Å². The minimum absolute atomic E-state index is 0.0507. The van der Waals surface area contributed by atoms with Crippen LogP contribution in [0.15, 0.2) is 70.0 Å². The zero-order chi connectivity index (χ0) is 22.4. The van der Waals surface area contributed by atoms with Crippen LogP contribution in [-0.4, -0.2) is 31.7 Å². The molecule has 3 aromatic rings. The molecule has 0 aliphatic carbocycles. The molecule has 0 bridgehead atoms. The molecule has 7 nitrogen and oxygen atoms in total. The van der Waals surface area contributed by atoms with E-state index in [1.807, 2.05) is 0 Å². The standard InChI is InChI=1S/C22H23FN2O5S/c1-3-25(4-2)31(27,28)20-7-5-6-17(14-20)24-22(26)21-13-12-19(30-21)15-29-18-10-8-16(23)9-11-18/h5-14H,3-4,15H2,1-2H3,(H,24,26). The highest BCUT2D eigenvalue weighted by Gasteiger charge is 2.22. The summed E-state index contributed by atoms with van der Waals surface area (Å²) in [7, 11) is -3.64. The summed E-state index contributed by atoms with van der Waals surface area (Å²) >= 11 is 0. The number of nitrogens with zero attached hydrogens (tertiary/aromatic N) is 1. The topological polar surface area (TPSA) is 88.9 Å². The number of hydrogen-bond donors (Lipinski definition) is 1. The quantitative estimate of drug-likeness (QED) is 0.530. The molecule has 0 fully saturated rings. The van der Waals surface area contributed by atoms with Crippen molar-refractivity contribution in [1.29, 1.82) is 0 Å². The van der Waals surface area contributed by atoms with Gasteiger partial charge in [-0.05, 0) is 54.6 Å². The number of furan rings is 1. The lowest BCUT2D eigenvalue weighted by molar-refractivity contribution is 0.0992. The van der Waals surface area contributed by atoms with Crippen molar-refractivity contribution >= 4 is 21.6 Å².